The molecule has 2 aliphatic heterocycles. The molecule has 0 aromatic heterocycles. The van der Waals surface area contributed by atoms with Crippen LogP contribution in [0.4, 0.5) is 0 Å². The molecule has 0 aromatic rings. The molecule has 14 heavy (non-hydrogen) atoms. The minimum Gasteiger partial charge on any atom is -0.314 e. The van der Waals surface area contributed by atoms with Gasteiger partial charge in [0.1, 0.15) is 0 Å². The lowest BCUT2D eigenvalue weighted by molar-refractivity contribution is 0.194. The van der Waals surface area contributed by atoms with Gasteiger partial charge in [0, 0.05) is 25.7 Å². The van der Waals surface area contributed by atoms with Gasteiger partial charge in [-0.3, -0.25) is 0 Å². The van der Waals surface area contributed by atoms with Gasteiger partial charge in [0.05, 0.1) is 0 Å². The quantitative estimate of drug-likeness (QED) is 0.713. The van der Waals surface area contributed by atoms with Gasteiger partial charge in [-0.05, 0) is 50.5 Å². The third-order valence-corrected chi connectivity index (χ3v) is 4.47. The molecule has 1 saturated carbocycles. The molecule has 2 nitrogen and oxygen atoms in total. The van der Waals surface area contributed by atoms with E-state index in [0.717, 1.165) is 23.8 Å². The lowest BCUT2D eigenvalue weighted by Gasteiger charge is -2.33. The monoisotopic (exact) mass is 194 g/mol. The molecule has 1 N–H and O–H groups in total. The smallest absolute Gasteiger partial charge is 0.00792 e. The molecular weight excluding hydrogens is 172 g/mol. The molecule has 2 heterocycles. The Hall–Kier alpha value is -0.0800. The summed E-state index contributed by atoms with van der Waals surface area (Å²) >= 11 is 0. The van der Waals surface area contributed by atoms with Crippen LogP contribution in [0.15, 0.2) is 0 Å². The Bertz CT molecular complexity index is 206. The number of rotatable bonds is 2. The molecule has 0 spiro atoms. The molecule has 1 aliphatic carbocycles. The summed E-state index contributed by atoms with van der Waals surface area (Å²) in [5.41, 5.74) is 0. The van der Waals surface area contributed by atoms with Crippen LogP contribution in [-0.2, 0) is 0 Å². The minimum absolute atomic E-state index is 0.751. The van der Waals surface area contributed by atoms with Gasteiger partial charge in [-0.1, -0.05) is 0 Å². The SMILES string of the molecule is CC1NCCCC1CN1CC2CC2C1. The van der Waals surface area contributed by atoms with E-state index < -0.39 is 0 Å². The molecule has 2 heteroatoms. The fraction of sp³-hybridized carbons (Fsp3) is 1.00. The van der Waals surface area contributed by atoms with E-state index in [9.17, 15) is 0 Å². The van der Waals surface area contributed by atoms with Crippen molar-refractivity contribution in [2.75, 3.05) is 26.2 Å². The zero-order valence-corrected chi connectivity index (χ0v) is 9.21. The molecule has 3 fully saturated rings. The number of piperidine rings is 2. The van der Waals surface area contributed by atoms with Gasteiger partial charge in [-0.2, -0.15) is 0 Å². The third-order valence-electron chi connectivity index (χ3n) is 4.47. The van der Waals surface area contributed by atoms with Crippen LogP contribution in [0.1, 0.15) is 26.2 Å². The van der Waals surface area contributed by atoms with Crippen molar-refractivity contribution in [3.63, 3.8) is 0 Å². The van der Waals surface area contributed by atoms with Crippen LogP contribution in [0, 0.1) is 17.8 Å². The predicted molar refractivity (Wildman–Crippen MR) is 58.2 cm³/mol. The van der Waals surface area contributed by atoms with Crippen molar-refractivity contribution >= 4 is 0 Å². The first kappa shape index (κ1) is 9.17. The van der Waals surface area contributed by atoms with Gasteiger partial charge in [0.25, 0.3) is 0 Å². The first-order chi connectivity index (χ1) is 6.83. The number of fused-ring (bicyclic) bond motifs is 1. The second-order valence-electron chi connectivity index (χ2n) is 5.62. The van der Waals surface area contributed by atoms with E-state index in [1.54, 1.807) is 0 Å². The highest BCUT2D eigenvalue weighted by molar-refractivity contribution is 4.97. The van der Waals surface area contributed by atoms with Crippen molar-refractivity contribution in [2.24, 2.45) is 17.8 Å². The van der Waals surface area contributed by atoms with Gasteiger partial charge < -0.3 is 10.2 Å². The predicted octanol–water partition coefficient (Wildman–Crippen LogP) is 1.33. The first-order valence-corrected chi connectivity index (χ1v) is 6.28. The second kappa shape index (κ2) is 3.49. The van der Waals surface area contributed by atoms with Crippen LogP contribution < -0.4 is 5.32 Å². The Morgan fingerprint density at radius 1 is 1.29 bits per heavy atom. The van der Waals surface area contributed by atoms with Gasteiger partial charge in [-0.25, -0.2) is 0 Å². The number of hydrogen-bond acceptors (Lipinski definition) is 2. The molecule has 80 valence electrons. The Morgan fingerprint density at radius 3 is 2.79 bits per heavy atom. The van der Waals surface area contributed by atoms with E-state index in [1.807, 2.05) is 0 Å². The van der Waals surface area contributed by atoms with Crippen LogP contribution in [0.2, 0.25) is 0 Å². The molecule has 4 atom stereocenters. The average Bonchev–Trinajstić information content (AvgIpc) is 2.79. The Kier molecular flexibility index (Phi) is 2.29. The molecule has 3 rings (SSSR count). The Morgan fingerprint density at radius 2 is 2.07 bits per heavy atom. The van der Waals surface area contributed by atoms with E-state index in [-0.39, 0.29) is 0 Å². The molecule has 0 aromatic carbocycles. The van der Waals surface area contributed by atoms with Crippen LogP contribution >= 0.6 is 0 Å². The van der Waals surface area contributed by atoms with E-state index >= 15 is 0 Å². The summed E-state index contributed by atoms with van der Waals surface area (Å²) in [6.07, 6.45) is 4.37. The van der Waals surface area contributed by atoms with Crippen molar-refractivity contribution in [1.29, 1.82) is 0 Å². The van der Waals surface area contributed by atoms with Crippen molar-refractivity contribution in [3.8, 4) is 0 Å². The molecule has 2 saturated heterocycles. The van der Waals surface area contributed by atoms with Crippen LogP contribution in [0.25, 0.3) is 0 Å². The second-order valence-corrected chi connectivity index (χ2v) is 5.62. The lowest BCUT2D eigenvalue weighted by Crippen LogP contribution is -2.44. The molecular formula is C12H22N2. The van der Waals surface area contributed by atoms with Gasteiger partial charge in [0.2, 0.25) is 0 Å². The highest BCUT2D eigenvalue weighted by Gasteiger charge is 2.45. The molecule has 3 aliphatic rings. The van der Waals surface area contributed by atoms with Crippen LogP contribution in [0.5, 0.6) is 0 Å². The fourth-order valence-electron chi connectivity index (χ4n) is 3.34. The topological polar surface area (TPSA) is 15.3 Å². The number of nitrogens with one attached hydrogen (secondary N) is 1. The maximum absolute atomic E-state index is 3.60. The normalized spacial score (nSPS) is 47.8. The summed E-state index contributed by atoms with van der Waals surface area (Å²) in [5, 5.41) is 3.60. The summed E-state index contributed by atoms with van der Waals surface area (Å²) in [5.74, 6) is 3.12. The maximum atomic E-state index is 3.60. The van der Waals surface area contributed by atoms with Crippen LogP contribution in [0.3, 0.4) is 0 Å². The van der Waals surface area contributed by atoms with Gasteiger partial charge in [0.15, 0.2) is 0 Å². The summed E-state index contributed by atoms with van der Waals surface area (Å²) < 4.78 is 0. The minimum atomic E-state index is 0.751. The Labute approximate surface area is 87.0 Å². The highest BCUT2D eigenvalue weighted by Crippen LogP contribution is 2.45. The number of nitrogens with zero attached hydrogens (tertiary/aromatic N) is 1. The van der Waals surface area contributed by atoms with Crippen molar-refractivity contribution in [2.45, 2.75) is 32.2 Å². The Balaban J connectivity index is 1.50. The largest absolute Gasteiger partial charge is 0.314 e. The van der Waals surface area contributed by atoms with Crippen molar-refractivity contribution in [3.05, 3.63) is 0 Å². The summed E-state index contributed by atoms with van der Waals surface area (Å²) in [7, 11) is 0. The van der Waals surface area contributed by atoms with Crippen molar-refractivity contribution in [1.82, 2.24) is 10.2 Å². The van der Waals surface area contributed by atoms with Crippen LogP contribution in [-0.4, -0.2) is 37.1 Å². The van der Waals surface area contributed by atoms with E-state index in [2.05, 4.69) is 17.1 Å². The zero-order valence-electron chi connectivity index (χ0n) is 9.21. The molecule has 0 amide bonds. The number of hydrogen-bond donors (Lipinski definition) is 1. The standard InChI is InChI=1S/C12H22N2/c1-9-10(3-2-4-13-9)6-14-7-11-5-12(11)8-14/h9-13H,2-8H2,1H3. The third kappa shape index (κ3) is 1.70. The van der Waals surface area contributed by atoms with E-state index in [4.69, 9.17) is 0 Å². The van der Waals surface area contributed by atoms with E-state index in [1.165, 1.54) is 45.4 Å². The highest BCUT2D eigenvalue weighted by atomic mass is 15.2. The lowest BCUT2D eigenvalue weighted by atomic mass is 9.91. The summed E-state index contributed by atoms with van der Waals surface area (Å²) in [6.45, 7) is 7.78. The molecule has 4 unspecified atom stereocenters. The average molecular weight is 194 g/mol. The summed E-state index contributed by atoms with van der Waals surface area (Å²) in [4.78, 5) is 2.72. The molecule has 0 bridgehead atoms. The van der Waals surface area contributed by atoms with E-state index in [0.29, 0.717) is 0 Å². The maximum Gasteiger partial charge on any atom is 0.00792 e. The zero-order chi connectivity index (χ0) is 9.54. The van der Waals surface area contributed by atoms with Crippen molar-refractivity contribution < 1.29 is 0 Å². The van der Waals surface area contributed by atoms with Gasteiger partial charge in [-0.15, -0.1) is 0 Å². The summed E-state index contributed by atoms with van der Waals surface area (Å²) in [6, 6.07) is 0.751. The van der Waals surface area contributed by atoms with Gasteiger partial charge >= 0.3 is 0 Å². The number of likely N-dealkylation sites (tertiary alicyclic amines) is 1. The molecule has 0 radical (unpaired) electrons. The first-order valence-electron chi connectivity index (χ1n) is 6.28. The fourth-order valence-corrected chi connectivity index (χ4v) is 3.34.